The van der Waals surface area contributed by atoms with Crippen LogP contribution in [0.4, 0.5) is 0 Å². The van der Waals surface area contributed by atoms with Crippen LogP contribution in [0.2, 0.25) is 10.0 Å². The first-order valence-electron chi connectivity index (χ1n) is 6.88. The molecule has 2 aromatic carbocycles. The number of hydrogen-bond donors (Lipinski definition) is 3. The molecule has 0 aliphatic carbocycles. The normalized spacial score (nSPS) is 9.80. The maximum Gasteiger partial charge on any atom is 0.338 e. The fourth-order valence-corrected chi connectivity index (χ4v) is 2.30. The number of ether oxygens (including phenoxy) is 1. The minimum absolute atomic E-state index is 0.00657. The van der Waals surface area contributed by atoms with Crippen molar-refractivity contribution in [1.82, 2.24) is 0 Å². The van der Waals surface area contributed by atoms with Crippen molar-refractivity contribution in [1.29, 1.82) is 0 Å². The number of carboxylic acids is 1. The van der Waals surface area contributed by atoms with Crippen LogP contribution in [0.3, 0.4) is 0 Å². The van der Waals surface area contributed by atoms with E-state index in [4.69, 9.17) is 28.3 Å². The van der Waals surface area contributed by atoms with Gasteiger partial charge in [0.25, 0.3) is 0 Å². The molecular formula is C17H16Cl2O6. The van der Waals surface area contributed by atoms with Crippen LogP contribution in [-0.4, -0.2) is 34.4 Å². The van der Waals surface area contributed by atoms with Crippen molar-refractivity contribution < 1.29 is 29.6 Å². The lowest BCUT2D eigenvalue weighted by atomic mass is 10.1. The minimum Gasteiger partial charge on any atom is -0.508 e. The number of carboxylic acid groups (broad SMARTS) is 1. The Kier molecular flexibility index (Phi) is 7.09. The number of benzene rings is 2. The van der Waals surface area contributed by atoms with Gasteiger partial charge in [-0.2, -0.15) is 0 Å². The SMILES string of the molecule is COC(=O)c1cc(Cl)cc(O)c1C.Cc1c(O)cc(Cl)cc1C(=O)O. The smallest absolute Gasteiger partial charge is 0.338 e. The van der Waals surface area contributed by atoms with Crippen molar-refractivity contribution >= 4 is 35.1 Å². The van der Waals surface area contributed by atoms with Crippen LogP contribution in [0, 0.1) is 13.8 Å². The Labute approximate surface area is 154 Å². The number of halogens is 2. The van der Waals surface area contributed by atoms with E-state index in [1.54, 1.807) is 6.92 Å². The number of hydrogen-bond acceptors (Lipinski definition) is 5. The first kappa shape index (κ1) is 20.6. The van der Waals surface area contributed by atoms with Gasteiger partial charge in [-0.05, 0) is 38.1 Å². The molecule has 2 aromatic rings. The van der Waals surface area contributed by atoms with Crippen LogP contribution >= 0.6 is 23.2 Å². The van der Waals surface area contributed by atoms with E-state index in [0.29, 0.717) is 16.1 Å². The Hall–Kier alpha value is -2.44. The van der Waals surface area contributed by atoms with Gasteiger partial charge in [-0.25, -0.2) is 9.59 Å². The van der Waals surface area contributed by atoms with Gasteiger partial charge in [-0.1, -0.05) is 23.2 Å². The lowest BCUT2D eigenvalue weighted by Gasteiger charge is -2.05. The van der Waals surface area contributed by atoms with Crippen molar-refractivity contribution in [2.45, 2.75) is 13.8 Å². The Morgan fingerprint density at radius 1 is 0.880 bits per heavy atom. The van der Waals surface area contributed by atoms with E-state index >= 15 is 0 Å². The molecule has 8 heteroatoms. The topological polar surface area (TPSA) is 104 Å². The molecule has 0 aliphatic rings. The quantitative estimate of drug-likeness (QED) is 0.668. The average molecular weight is 387 g/mol. The summed E-state index contributed by atoms with van der Waals surface area (Å²) in [5.41, 5.74) is 1.11. The molecule has 0 heterocycles. The number of rotatable bonds is 2. The van der Waals surface area contributed by atoms with Crippen LogP contribution in [0.15, 0.2) is 24.3 Å². The Balaban J connectivity index is 0.000000251. The molecule has 0 unspecified atom stereocenters. The van der Waals surface area contributed by atoms with E-state index in [1.165, 1.54) is 38.3 Å². The van der Waals surface area contributed by atoms with Crippen LogP contribution in [0.5, 0.6) is 11.5 Å². The van der Waals surface area contributed by atoms with Gasteiger partial charge in [0.05, 0.1) is 18.2 Å². The predicted octanol–water partition coefficient (Wildman–Crippen LogP) is 4.19. The molecule has 0 aliphatic heterocycles. The number of carbonyl (C=O) groups is 2. The van der Waals surface area contributed by atoms with Gasteiger partial charge < -0.3 is 20.1 Å². The molecule has 6 nitrogen and oxygen atoms in total. The predicted molar refractivity (Wildman–Crippen MR) is 94.0 cm³/mol. The molecule has 134 valence electrons. The fourth-order valence-electron chi connectivity index (χ4n) is 1.87. The van der Waals surface area contributed by atoms with E-state index in [9.17, 15) is 19.8 Å². The zero-order valence-electron chi connectivity index (χ0n) is 13.6. The highest BCUT2D eigenvalue weighted by Crippen LogP contribution is 2.26. The number of esters is 1. The summed E-state index contributed by atoms with van der Waals surface area (Å²) in [4.78, 5) is 21.7. The summed E-state index contributed by atoms with van der Waals surface area (Å²) >= 11 is 11.2. The third-order valence-corrected chi connectivity index (χ3v) is 3.76. The summed E-state index contributed by atoms with van der Waals surface area (Å²) in [7, 11) is 1.28. The van der Waals surface area contributed by atoms with Crippen molar-refractivity contribution in [3.05, 3.63) is 56.6 Å². The number of aromatic carboxylic acids is 1. The number of methoxy groups -OCH3 is 1. The molecule has 0 atom stereocenters. The van der Waals surface area contributed by atoms with E-state index in [1.807, 2.05) is 0 Å². The van der Waals surface area contributed by atoms with E-state index < -0.39 is 11.9 Å². The molecule has 3 N–H and O–H groups in total. The molecule has 0 spiro atoms. The van der Waals surface area contributed by atoms with Crippen LogP contribution in [0.25, 0.3) is 0 Å². The Morgan fingerprint density at radius 3 is 1.68 bits per heavy atom. The maximum atomic E-state index is 11.1. The zero-order chi connectivity index (χ0) is 19.3. The summed E-state index contributed by atoms with van der Waals surface area (Å²) in [5.74, 6) is -1.70. The molecule has 0 fully saturated rings. The van der Waals surface area contributed by atoms with Gasteiger partial charge in [0, 0.05) is 21.2 Å². The van der Waals surface area contributed by atoms with E-state index in [0.717, 1.165) is 0 Å². The Morgan fingerprint density at radius 2 is 1.28 bits per heavy atom. The molecule has 25 heavy (non-hydrogen) atoms. The number of aromatic hydroxyl groups is 2. The number of carbonyl (C=O) groups excluding carboxylic acids is 1. The van der Waals surface area contributed by atoms with Crippen molar-refractivity contribution in [2.24, 2.45) is 0 Å². The third kappa shape index (κ3) is 5.27. The van der Waals surface area contributed by atoms with Crippen LogP contribution < -0.4 is 0 Å². The second-order valence-electron chi connectivity index (χ2n) is 4.99. The number of phenols is 2. The second-order valence-corrected chi connectivity index (χ2v) is 5.86. The highest BCUT2D eigenvalue weighted by Gasteiger charge is 2.13. The van der Waals surface area contributed by atoms with E-state index in [-0.39, 0.29) is 27.6 Å². The highest BCUT2D eigenvalue weighted by molar-refractivity contribution is 6.31. The summed E-state index contributed by atoms with van der Waals surface area (Å²) < 4.78 is 4.52. The standard InChI is InChI=1S/C9H9ClO3.C8H7ClO3/c1-5-7(9(12)13-2)3-6(10)4-8(5)11;1-4-6(8(11)12)2-5(9)3-7(4)10/h3-4,11H,1-2H3;2-3,10H,1H3,(H,11,12). The summed E-state index contributed by atoms with van der Waals surface area (Å²) in [6, 6.07) is 5.45. The molecule has 2 rings (SSSR count). The zero-order valence-corrected chi connectivity index (χ0v) is 15.1. The maximum absolute atomic E-state index is 11.1. The van der Waals surface area contributed by atoms with Gasteiger partial charge in [0.2, 0.25) is 0 Å². The van der Waals surface area contributed by atoms with Crippen molar-refractivity contribution in [3.63, 3.8) is 0 Å². The molecular weight excluding hydrogens is 371 g/mol. The van der Waals surface area contributed by atoms with Crippen molar-refractivity contribution in [3.8, 4) is 11.5 Å². The largest absolute Gasteiger partial charge is 0.508 e. The molecule has 0 saturated carbocycles. The molecule has 0 saturated heterocycles. The fraction of sp³-hybridized carbons (Fsp3) is 0.176. The monoisotopic (exact) mass is 386 g/mol. The van der Waals surface area contributed by atoms with Crippen LogP contribution in [-0.2, 0) is 4.74 Å². The first-order chi connectivity index (χ1) is 11.6. The average Bonchev–Trinajstić information content (AvgIpc) is 2.53. The van der Waals surface area contributed by atoms with Gasteiger partial charge in [0.1, 0.15) is 11.5 Å². The highest BCUT2D eigenvalue weighted by atomic mass is 35.5. The van der Waals surface area contributed by atoms with Gasteiger partial charge in [-0.15, -0.1) is 0 Å². The van der Waals surface area contributed by atoms with E-state index in [2.05, 4.69) is 4.74 Å². The lowest BCUT2D eigenvalue weighted by molar-refractivity contribution is 0.0598. The summed E-state index contributed by atoms with van der Waals surface area (Å²) in [6.45, 7) is 3.15. The molecule has 0 amide bonds. The van der Waals surface area contributed by atoms with Gasteiger partial charge in [-0.3, -0.25) is 0 Å². The van der Waals surface area contributed by atoms with Crippen molar-refractivity contribution in [2.75, 3.05) is 7.11 Å². The second kappa shape index (κ2) is 8.60. The summed E-state index contributed by atoms with van der Waals surface area (Å²) in [6.07, 6.45) is 0. The van der Waals surface area contributed by atoms with Gasteiger partial charge >= 0.3 is 11.9 Å². The first-order valence-corrected chi connectivity index (χ1v) is 7.63. The molecule has 0 bridgehead atoms. The lowest BCUT2D eigenvalue weighted by Crippen LogP contribution is -2.03. The minimum atomic E-state index is -1.09. The number of phenolic OH excluding ortho intramolecular Hbond substituents is 2. The van der Waals surface area contributed by atoms with Gasteiger partial charge in [0.15, 0.2) is 0 Å². The summed E-state index contributed by atoms with van der Waals surface area (Å²) in [5, 5.41) is 27.7. The van der Waals surface area contributed by atoms with Crippen LogP contribution in [0.1, 0.15) is 31.8 Å². The molecule has 0 radical (unpaired) electrons. The Bertz CT molecular complexity index is 817. The third-order valence-electron chi connectivity index (χ3n) is 3.33. The molecule has 0 aromatic heterocycles.